The fraction of sp³-hybridized carbons (Fsp3) is 0.533. The number of anilines is 1. The smallest absolute Gasteiger partial charge is 0.264 e. The molecule has 4 atom stereocenters. The van der Waals surface area contributed by atoms with E-state index in [-0.39, 0.29) is 28.7 Å². The lowest BCUT2D eigenvalue weighted by molar-refractivity contribution is -0.142. The lowest BCUT2D eigenvalue weighted by Crippen LogP contribution is -2.49. The second kappa shape index (κ2) is 10.8. The highest BCUT2D eigenvalue weighted by Gasteiger charge is 2.44. The van der Waals surface area contributed by atoms with Crippen molar-refractivity contribution in [1.82, 2.24) is 9.62 Å². The summed E-state index contributed by atoms with van der Waals surface area (Å²) in [6, 6.07) is 9.89. The van der Waals surface area contributed by atoms with Crippen molar-refractivity contribution in [2.45, 2.75) is 55.4 Å². The Morgan fingerprint density at radius 3 is 2.68 bits per heavy atom. The summed E-state index contributed by atoms with van der Waals surface area (Å²) >= 11 is 6.36. The number of likely N-dealkylation sites (N-methyl/N-ethyl adjacent to an activating group) is 1. The van der Waals surface area contributed by atoms with Gasteiger partial charge in [-0.2, -0.15) is 0 Å². The molecule has 9 nitrogen and oxygen atoms in total. The van der Waals surface area contributed by atoms with Crippen LogP contribution in [-0.4, -0.2) is 71.1 Å². The Bertz CT molecular complexity index is 1480. The van der Waals surface area contributed by atoms with Crippen molar-refractivity contribution in [3.8, 4) is 5.75 Å². The number of hydrogen-bond acceptors (Lipinski definition) is 7. The zero-order valence-electron chi connectivity index (χ0n) is 23.4. The summed E-state index contributed by atoms with van der Waals surface area (Å²) in [5.74, 6) is 0.0783. The highest BCUT2D eigenvalue weighted by Crippen LogP contribution is 2.46. The molecule has 1 unspecified atom stereocenters. The zero-order valence-corrected chi connectivity index (χ0v) is 25.0. The number of benzene rings is 2. The summed E-state index contributed by atoms with van der Waals surface area (Å²) < 4.78 is 41.3. The average molecular weight is 602 g/mol. The van der Waals surface area contributed by atoms with Gasteiger partial charge in [0.2, 0.25) is 5.91 Å². The van der Waals surface area contributed by atoms with E-state index in [1.165, 1.54) is 36.1 Å². The number of nitrogens with zero attached hydrogens (tertiary/aromatic N) is 2. The van der Waals surface area contributed by atoms with Gasteiger partial charge in [-0.15, -0.1) is 0 Å². The van der Waals surface area contributed by atoms with Crippen LogP contribution in [0.3, 0.4) is 0 Å². The fourth-order valence-electron chi connectivity index (χ4n) is 6.71. The van der Waals surface area contributed by atoms with E-state index in [9.17, 15) is 18.0 Å². The lowest BCUT2D eigenvalue weighted by atomic mass is 9.69. The number of aryl methyl sites for hydroxylation is 1. The maximum Gasteiger partial charge on any atom is 0.264 e. The molecule has 1 N–H and O–H groups in total. The van der Waals surface area contributed by atoms with E-state index < -0.39 is 22.0 Å². The second-order valence-corrected chi connectivity index (χ2v) is 14.1. The third kappa shape index (κ3) is 5.30. The zero-order chi connectivity index (χ0) is 28.9. The van der Waals surface area contributed by atoms with Gasteiger partial charge in [-0.05, 0) is 92.3 Å². The van der Waals surface area contributed by atoms with Crippen LogP contribution in [0.15, 0.2) is 41.3 Å². The maximum atomic E-state index is 13.4. The first-order valence-corrected chi connectivity index (χ1v) is 16.1. The van der Waals surface area contributed by atoms with Gasteiger partial charge in [0.05, 0.1) is 23.8 Å². The number of ether oxygens (including phenoxy) is 2. The molecule has 2 aromatic rings. The number of nitrogens with one attached hydrogen (secondary N) is 1. The molecule has 0 saturated heterocycles. The molecule has 2 aromatic carbocycles. The van der Waals surface area contributed by atoms with Crippen LogP contribution < -0.4 is 14.4 Å². The van der Waals surface area contributed by atoms with Gasteiger partial charge in [0.25, 0.3) is 15.9 Å². The lowest BCUT2D eigenvalue weighted by Gasteiger charge is -2.44. The van der Waals surface area contributed by atoms with Crippen LogP contribution in [0.4, 0.5) is 5.69 Å². The summed E-state index contributed by atoms with van der Waals surface area (Å²) in [7, 11) is -2.73. The van der Waals surface area contributed by atoms with E-state index in [0.29, 0.717) is 43.7 Å². The Morgan fingerprint density at radius 1 is 1.10 bits per heavy atom. The summed E-state index contributed by atoms with van der Waals surface area (Å²) in [6.45, 7) is 3.63. The third-order valence-corrected chi connectivity index (χ3v) is 11.1. The maximum absolute atomic E-state index is 13.4. The predicted octanol–water partition coefficient (Wildman–Crippen LogP) is 3.52. The summed E-state index contributed by atoms with van der Waals surface area (Å²) in [5, 5.41) is 0.719. The number of fused-ring (bicyclic) bond motifs is 4. The molecular weight excluding hydrogens is 566 g/mol. The van der Waals surface area contributed by atoms with Crippen molar-refractivity contribution in [2.75, 3.05) is 44.9 Å². The van der Waals surface area contributed by atoms with Gasteiger partial charge in [-0.3, -0.25) is 9.59 Å². The third-order valence-electron chi connectivity index (χ3n) is 9.49. The first-order valence-electron chi connectivity index (χ1n) is 14.3. The van der Waals surface area contributed by atoms with Crippen molar-refractivity contribution < 1.29 is 27.5 Å². The van der Waals surface area contributed by atoms with Crippen molar-refractivity contribution in [1.29, 1.82) is 0 Å². The first kappa shape index (κ1) is 28.3. The monoisotopic (exact) mass is 601 g/mol. The van der Waals surface area contributed by atoms with Crippen LogP contribution in [0.2, 0.25) is 5.02 Å². The van der Waals surface area contributed by atoms with E-state index in [2.05, 4.69) is 21.8 Å². The van der Waals surface area contributed by atoms with Gasteiger partial charge in [0.15, 0.2) is 0 Å². The minimum absolute atomic E-state index is 0.0215. The number of sulfonamides is 1. The van der Waals surface area contributed by atoms with Crippen molar-refractivity contribution >= 4 is 39.1 Å². The Balaban J connectivity index is 1.41. The Labute approximate surface area is 246 Å². The van der Waals surface area contributed by atoms with Gasteiger partial charge < -0.3 is 19.3 Å². The minimum Gasteiger partial charge on any atom is -0.490 e. The van der Waals surface area contributed by atoms with Gasteiger partial charge in [0.1, 0.15) is 18.4 Å². The van der Waals surface area contributed by atoms with E-state index >= 15 is 0 Å². The first-order chi connectivity index (χ1) is 19.6. The Hall–Kier alpha value is -2.82. The molecule has 11 heteroatoms. The molecule has 2 amide bonds. The average Bonchev–Trinajstić information content (AvgIpc) is 3.08. The molecule has 41 heavy (non-hydrogen) atoms. The molecule has 2 aliphatic carbocycles. The number of amides is 2. The highest BCUT2D eigenvalue weighted by atomic mass is 35.5. The molecule has 220 valence electrons. The number of hydrogen-bond donors (Lipinski definition) is 1. The number of carbonyl (C=O) groups excluding carboxylic acids is 2. The standard InChI is InChI=1S/C30H36ClN3O6S/c1-19-29(36)32-41(37,38)24-8-10-27-26(13-24)34(14-21-5-6-22(21)15-39-16-28(35)33(19)2)17-30(18-40-27)11-3-4-20-12-23(31)7-9-25(20)30/h7-10,12-13,19,21-22H,3-6,11,14-18H2,1-2H3,(H,32,36)/t19?,21-,22-,30-/m0/s1. The summed E-state index contributed by atoms with van der Waals surface area (Å²) in [4.78, 5) is 29.1. The van der Waals surface area contributed by atoms with Crippen molar-refractivity contribution in [2.24, 2.45) is 11.8 Å². The van der Waals surface area contributed by atoms with Crippen molar-refractivity contribution in [3.05, 3.63) is 52.5 Å². The van der Waals surface area contributed by atoms with E-state index in [0.717, 1.165) is 37.1 Å². The quantitative estimate of drug-likeness (QED) is 0.493. The van der Waals surface area contributed by atoms with Gasteiger partial charge >= 0.3 is 0 Å². The van der Waals surface area contributed by atoms with Gasteiger partial charge in [-0.1, -0.05) is 17.7 Å². The van der Waals surface area contributed by atoms with Crippen molar-refractivity contribution in [3.63, 3.8) is 0 Å². The minimum atomic E-state index is -4.21. The molecule has 6 rings (SSSR count). The Kier molecular flexibility index (Phi) is 7.45. The van der Waals surface area contributed by atoms with Crippen LogP contribution in [0.5, 0.6) is 5.75 Å². The van der Waals surface area contributed by atoms with Crippen LogP contribution >= 0.6 is 11.6 Å². The summed E-state index contributed by atoms with van der Waals surface area (Å²) in [6.07, 6.45) is 4.94. The normalized spacial score (nSPS) is 29.9. The largest absolute Gasteiger partial charge is 0.490 e. The number of halogens is 1. The van der Waals surface area contributed by atoms with Crippen LogP contribution in [-0.2, 0) is 36.2 Å². The fourth-order valence-corrected chi connectivity index (χ4v) is 7.97. The molecule has 0 aromatic heterocycles. The molecule has 1 fully saturated rings. The summed E-state index contributed by atoms with van der Waals surface area (Å²) in [5.41, 5.74) is 2.89. The van der Waals surface area contributed by atoms with Gasteiger partial charge in [-0.25, -0.2) is 13.1 Å². The van der Waals surface area contributed by atoms with Crippen LogP contribution in [0.25, 0.3) is 0 Å². The van der Waals surface area contributed by atoms with Crippen LogP contribution in [0.1, 0.15) is 43.7 Å². The molecule has 2 heterocycles. The van der Waals surface area contributed by atoms with E-state index in [1.54, 1.807) is 12.1 Å². The predicted molar refractivity (Wildman–Crippen MR) is 155 cm³/mol. The van der Waals surface area contributed by atoms with Crippen LogP contribution in [0, 0.1) is 11.8 Å². The van der Waals surface area contributed by atoms with E-state index in [4.69, 9.17) is 21.1 Å². The number of carbonyl (C=O) groups is 2. The topological polar surface area (TPSA) is 105 Å². The highest BCUT2D eigenvalue weighted by molar-refractivity contribution is 7.90. The molecule has 2 aliphatic heterocycles. The molecule has 1 saturated carbocycles. The SMILES string of the molecule is CC1C(=O)NS(=O)(=O)c2ccc3c(c2)N(C[C@@H]2CC[C@H]2COCC(=O)N1C)C[C@@]1(CCCc2cc(Cl)ccc21)CO3. The Morgan fingerprint density at radius 2 is 1.90 bits per heavy atom. The van der Waals surface area contributed by atoms with E-state index in [1.807, 2.05) is 6.07 Å². The molecule has 4 aliphatic rings. The molecular formula is C30H36ClN3O6S. The molecule has 2 bridgehead atoms. The second-order valence-electron chi connectivity index (χ2n) is 12.0. The molecule has 0 radical (unpaired) electrons. The molecule has 1 spiro atoms. The van der Waals surface area contributed by atoms with Gasteiger partial charge in [0, 0.05) is 30.6 Å². The number of rotatable bonds is 0.